The van der Waals surface area contributed by atoms with Gasteiger partial charge in [-0.1, -0.05) is 0 Å². The highest BCUT2D eigenvalue weighted by atomic mass is 15.3. The van der Waals surface area contributed by atoms with Crippen molar-refractivity contribution >= 4 is 0 Å². The second-order valence-electron chi connectivity index (χ2n) is 1.49. The summed E-state index contributed by atoms with van der Waals surface area (Å²) in [6.45, 7) is 3.76. The maximum atomic E-state index is 8.20. The molecule has 0 aromatic carbocycles. The van der Waals surface area contributed by atoms with Crippen LogP contribution in [0.2, 0.25) is 0 Å². The molecule has 4 nitrogen and oxygen atoms in total. The fourth-order valence-corrected chi connectivity index (χ4v) is 0.487. The van der Waals surface area contributed by atoms with E-state index >= 15 is 0 Å². The average Bonchev–Trinajstić information content (AvgIpc) is 2.18. The molecule has 1 rings (SSSR count). The van der Waals surface area contributed by atoms with Crippen LogP contribution in [0.5, 0.6) is 0 Å². The van der Waals surface area contributed by atoms with Crippen LogP contribution in [0.1, 0.15) is 5.82 Å². The van der Waals surface area contributed by atoms with Crippen LogP contribution in [-0.2, 0) is 6.54 Å². The molecule has 1 heterocycles. The number of aromatic nitrogens is 3. The number of nitrogens with zero attached hydrogens (tertiary/aromatic N) is 4. The van der Waals surface area contributed by atoms with Crippen LogP contribution < -0.4 is 0 Å². The van der Waals surface area contributed by atoms with Crippen molar-refractivity contribution in [3.8, 4) is 6.07 Å². The Morgan fingerprint density at radius 1 is 1.89 bits per heavy atom. The van der Waals surface area contributed by atoms with E-state index in [0.717, 1.165) is 0 Å². The Balaban J connectivity index is 2.84. The van der Waals surface area contributed by atoms with Crippen molar-refractivity contribution in [3.05, 3.63) is 19.1 Å². The Labute approximate surface area is 52.7 Å². The Hall–Kier alpha value is -1.37. The summed E-state index contributed by atoms with van der Waals surface area (Å²) in [6.07, 6.45) is 1.37. The molecule has 0 aliphatic heterocycles. The van der Waals surface area contributed by atoms with Gasteiger partial charge in [-0.15, -0.1) is 0 Å². The van der Waals surface area contributed by atoms with Crippen molar-refractivity contribution < 1.29 is 0 Å². The van der Waals surface area contributed by atoms with Crippen LogP contribution in [-0.4, -0.2) is 14.8 Å². The monoisotopic (exact) mass is 121 g/mol. The van der Waals surface area contributed by atoms with Gasteiger partial charge in [0, 0.05) is 6.92 Å². The summed E-state index contributed by atoms with van der Waals surface area (Å²) in [4.78, 5) is 3.72. The molecule has 1 aromatic rings. The van der Waals surface area contributed by atoms with Gasteiger partial charge in [0.1, 0.15) is 18.7 Å². The minimum absolute atomic E-state index is 0.221. The Kier molecular flexibility index (Phi) is 1.45. The zero-order chi connectivity index (χ0) is 6.69. The maximum absolute atomic E-state index is 8.20. The topological polar surface area (TPSA) is 54.5 Å². The molecule has 1 aromatic heterocycles. The second kappa shape index (κ2) is 2.27. The smallest absolute Gasteiger partial charge is 0.138 e. The van der Waals surface area contributed by atoms with Crippen molar-refractivity contribution in [2.45, 2.75) is 6.54 Å². The first kappa shape index (κ1) is 5.76. The van der Waals surface area contributed by atoms with E-state index in [-0.39, 0.29) is 6.54 Å². The van der Waals surface area contributed by atoms with Crippen molar-refractivity contribution in [3.63, 3.8) is 0 Å². The molecule has 0 spiro atoms. The van der Waals surface area contributed by atoms with Gasteiger partial charge in [-0.2, -0.15) is 10.4 Å². The van der Waals surface area contributed by atoms with E-state index in [1.54, 1.807) is 0 Å². The summed E-state index contributed by atoms with van der Waals surface area (Å²) in [5, 5.41) is 11.9. The summed E-state index contributed by atoms with van der Waals surface area (Å²) >= 11 is 0. The lowest BCUT2D eigenvalue weighted by Gasteiger charge is -1.90. The van der Waals surface area contributed by atoms with Crippen LogP contribution in [0.15, 0.2) is 6.33 Å². The van der Waals surface area contributed by atoms with Gasteiger partial charge in [0.25, 0.3) is 0 Å². The van der Waals surface area contributed by atoms with Gasteiger partial charge in [0.15, 0.2) is 0 Å². The number of hydrogen-bond acceptors (Lipinski definition) is 3. The summed E-state index contributed by atoms with van der Waals surface area (Å²) in [5.41, 5.74) is 0. The molecular formula is C5H5N4. The first-order valence-corrected chi connectivity index (χ1v) is 2.41. The molecule has 0 amide bonds. The van der Waals surface area contributed by atoms with Gasteiger partial charge in [0.05, 0.1) is 6.07 Å². The van der Waals surface area contributed by atoms with Crippen molar-refractivity contribution in [1.82, 2.24) is 14.8 Å². The summed E-state index contributed by atoms with van der Waals surface area (Å²) < 4.78 is 1.43. The van der Waals surface area contributed by atoms with E-state index in [4.69, 9.17) is 5.26 Å². The summed E-state index contributed by atoms with van der Waals surface area (Å²) in [6, 6.07) is 1.93. The molecule has 0 bridgehead atoms. The first-order chi connectivity index (χ1) is 4.34. The van der Waals surface area contributed by atoms with Crippen LogP contribution in [0.4, 0.5) is 0 Å². The molecule has 0 aliphatic carbocycles. The number of rotatable bonds is 1. The van der Waals surface area contributed by atoms with E-state index < -0.39 is 0 Å². The number of hydrogen-bond donors (Lipinski definition) is 0. The van der Waals surface area contributed by atoms with Crippen LogP contribution in [0.3, 0.4) is 0 Å². The normalized spacial score (nSPS) is 8.89. The highest BCUT2D eigenvalue weighted by molar-refractivity contribution is 4.90. The van der Waals surface area contributed by atoms with E-state index in [0.29, 0.717) is 5.82 Å². The standard InChI is InChI=1S/C5H5N4/c1-5-7-4-8-9(5)3-2-6/h4H,1,3H2. The fourth-order valence-electron chi connectivity index (χ4n) is 0.487. The summed E-state index contributed by atoms with van der Waals surface area (Å²) in [7, 11) is 0. The van der Waals surface area contributed by atoms with Crippen LogP contribution in [0, 0.1) is 18.3 Å². The zero-order valence-corrected chi connectivity index (χ0v) is 4.78. The third-order valence-corrected chi connectivity index (χ3v) is 0.916. The van der Waals surface area contributed by atoms with E-state index in [9.17, 15) is 0 Å². The lowest BCUT2D eigenvalue weighted by Crippen LogP contribution is -1.99. The lowest BCUT2D eigenvalue weighted by atomic mass is 10.6. The van der Waals surface area contributed by atoms with E-state index in [1.165, 1.54) is 11.0 Å². The third kappa shape index (κ3) is 1.05. The largest absolute Gasteiger partial charge is 0.236 e. The van der Waals surface area contributed by atoms with Crippen molar-refractivity contribution in [2.24, 2.45) is 0 Å². The Morgan fingerprint density at radius 2 is 2.67 bits per heavy atom. The van der Waals surface area contributed by atoms with Gasteiger partial charge in [-0.3, -0.25) is 0 Å². The molecule has 0 fully saturated rings. The van der Waals surface area contributed by atoms with Crippen LogP contribution in [0.25, 0.3) is 0 Å². The van der Waals surface area contributed by atoms with E-state index in [1.807, 2.05) is 6.07 Å². The highest BCUT2D eigenvalue weighted by Gasteiger charge is 1.93. The third-order valence-electron chi connectivity index (χ3n) is 0.916. The second-order valence-corrected chi connectivity index (χ2v) is 1.49. The predicted molar refractivity (Wildman–Crippen MR) is 30.1 cm³/mol. The van der Waals surface area contributed by atoms with Gasteiger partial charge >= 0.3 is 0 Å². The van der Waals surface area contributed by atoms with Crippen LogP contribution >= 0.6 is 0 Å². The predicted octanol–water partition coefficient (Wildman–Crippen LogP) is -0.0161. The number of nitriles is 1. The minimum Gasteiger partial charge on any atom is -0.236 e. The molecule has 0 N–H and O–H groups in total. The van der Waals surface area contributed by atoms with Gasteiger partial charge in [0.2, 0.25) is 0 Å². The fraction of sp³-hybridized carbons (Fsp3) is 0.200. The highest BCUT2D eigenvalue weighted by Crippen LogP contribution is 1.87. The first-order valence-electron chi connectivity index (χ1n) is 2.41. The van der Waals surface area contributed by atoms with Crippen molar-refractivity contribution in [2.75, 3.05) is 0 Å². The summed E-state index contributed by atoms with van der Waals surface area (Å²) in [5.74, 6) is 0.525. The molecule has 1 radical (unpaired) electrons. The maximum Gasteiger partial charge on any atom is 0.138 e. The molecular weight excluding hydrogens is 116 g/mol. The molecule has 0 unspecified atom stereocenters. The van der Waals surface area contributed by atoms with E-state index in [2.05, 4.69) is 17.0 Å². The molecule has 45 valence electrons. The molecule has 0 saturated carbocycles. The SMILES string of the molecule is [CH2]c1ncnn1CC#N. The van der Waals surface area contributed by atoms with Gasteiger partial charge < -0.3 is 0 Å². The lowest BCUT2D eigenvalue weighted by molar-refractivity contribution is 0.694. The average molecular weight is 121 g/mol. The molecule has 0 saturated heterocycles. The van der Waals surface area contributed by atoms with Crippen molar-refractivity contribution in [1.29, 1.82) is 5.26 Å². The minimum atomic E-state index is 0.221. The zero-order valence-electron chi connectivity index (χ0n) is 4.78. The molecule has 0 atom stereocenters. The molecule has 9 heavy (non-hydrogen) atoms. The Morgan fingerprint density at radius 3 is 3.11 bits per heavy atom. The molecule has 4 heteroatoms. The van der Waals surface area contributed by atoms with Gasteiger partial charge in [-0.25, -0.2) is 9.67 Å². The van der Waals surface area contributed by atoms with Gasteiger partial charge in [-0.05, 0) is 0 Å². The Bertz CT molecular complexity index is 231. The molecule has 0 aliphatic rings. The quantitative estimate of drug-likeness (QED) is 0.524.